The van der Waals surface area contributed by atoms with Crippen LogP contribution in [0.2, 0.25) is 0 Å². The summed E-state index contributed by atoms with van der Waals surface area (Å²) in [7, 11) is 4.03. The fourth-order valence-electron chi connectivity index (χ4n) is 1.94. The van der Waals surface area contributed by atoms with Crippen LogP contribution in [0.3, 0.4) is 0 Å². The maximum absolute atomic E-state index is 8.88. The van der Waals surface area contributed by atoms with Gasteiger partial charge in [-0.15, -0.1) is 0 Å². The second-order valence-corrected chi connectivity index (χ2v) is 5.47. The molecule has 22 heavy (non-hydrogen) atoms. The Morgan fingerprint density at radius 3 is 2.55 bits per heavy atom. The van der Waals surface area contributed by atoms with Crippen LogP contribution in [0, 0.1) is 11.3 Å². The van der Waals surface area contributed by atoms with E-state index in [-0.39, 0.29) is 0 Å². The van der Waals surface area contributed by atoms with E-state index in [1.54, 1.807) is 12.1 Å². The molecule has 0 aliphatic rings. The minimum Gasteiger partial charge on any atom is -0.378 e. The normalized spacial score (nSPS) is 9.68. The van der Waals surface area contributed by atoms with Crippen molar-refractivity contribution in [3.8, 4) is 6.07 Å². The molecular weight excluding hydrogens is 292 g/mol. The number of rotatable bonds is 4. The van der Waals surface area contributed by atoms with Crippen molar-refractivity contribution in [1.82, 2.24) is 5.32 Å². The maximum atomic E-state index is 8.88. The van der Waals surface area contributed by atoms with Crippen LogP contribution < -0.4 is 15.5 Å². The van der Waals surface area contributed by atoms with Crippen LogP contribution in [-0.2, 0) is 6.54 Å². The van der Waals surface area contributed by atoms with Gasteiger partial charge in [0, 0.05) is 32.0 Å². The van der Waals surface area contributed by atoms with E-state index in [2.05, 4.69) is 45.9 Å². The molecule has 2 aromatic carbocycles. The van der Waals surface area contributed by atoms with Gasteiger partial charge in [-0.05, 0) is 48.1 Å². The van der Waals surface area contributed by atoms with E-state index in [1.807, 2.05) is 26.2 Å². The smallest absolute Gasteiger partial charge is 0.171 e. The molecule has 4 nitrogen and oxygen atoms in total. The van der Waals surface area contributed by atoms with Crippen LogP contribution in [-0.4, -0.2) is 19.2 Å². The largest absolute Gasteiger partial charge is 0.378 e. The molecule has 2 N–H and O–H groups in total. The Morgan fingerprint density at radius 1 is 1.18 bits per heavy atom. The number of hydrogen-bond donors (Lipinski definition) is 2. The molecule has 0 saturated carbocycles. The standard InChI is InChI=1S/C17H18N4S/c1-21(2)16-8-6-13(7-9-16)12-19-17(22)20-15-5-3-4-14(10-15)11-18/h3-10H,12H2,1-2H3,(H2,19,20,22). The van der Waals surface area contributed by atoms with Crippen molar-refractivity contribution in [3.63, 3.8) is 0 Å². The molecule has 0 fully saturated rings. The molecule has 0 aliphatic heterocycles. The SMILES string of the molecule is CN(C)c1ccc(CNC(=S)Nc2cccc(C#N)c2)cc1. The number of hydrogen-bond acceptors (Lipinski definition) is 3. The summed E-state index contributed by atoms with van der Waals surface area (Å²) in [6.45, 7) is 0.650. The zero-order valence-corrected chi connectivity index (χ0v) is 13.4. The molecular formula is C17H18N4S. The van der Waals surface area contributed by atoms with Crippen molar-refractivity contribution >= 4 is 28.7 Å². The highest BCUT2D eigenvalue weighted by Crippen LogP contribution is 2.12. The summed E-state index contributed by atoms with van der Waals surface area (Å²) in [5, 5.41) is 15.6. The van der Waals surface area contributed by atoms with Gasteiger partial charge in [-0.2, -0.15) is 5.26 Å². The molecule has 0 aliphatic carbocycles. The van der Waals surface area contributed by atoms with Gasteiger partial charge in [0.1, 0.15) is 0 Å². The van der Waals surface area contributed by atoms with E-state index < -0.39 is 0 Å². The Bertz CT molecular complexity index is 687. The van der Waals surface area contributed by atoms with Gasteiger partial charge in [-0.25, -0.2) is 0 Å². The monoisotopic (exact) mass is 310 g/mol. The third kappa shape index (κ3) is 4.47. The molecule has 2 rings (SSSR count). The van der Waals surface area contributed by atoms with Crippen LogP contribution in [0.4, 0.5) is 11.4 Å². The van der Waals surface area contributed by atoms with Gasteiger partial charge in [-0.1, -0.05) is 18.2 Å². The zero-order chi connectivity index (χ0) is 15.9. The first kappa shape index (κ1) is 15.8. The zero-order valence-electron chi connectivity index (χ0n) is 12.6. The number of nitrogens with zero attached hydrogens (tertiary/aromatic N) is 2. The fourth-order valence-corrected chi connectivity index (χ4v) is 2.13. The van der Waals surface area contributed by atoms with Crippen LogP contribution in [0.25, 0.3) is 0 Å². The van der Waals surface area contributed by atoms with Gasteiger partial charge >= 0.3 is 0 Å². The number of thiocarbonyl (C=S) groups is 1. The van der Waals surface area contributed by atoms with E-state index in [0.717, 1.165) is 16.9 Å². The Hall–Kier alpha value is -2.58. The summed E-state index contributed by atoms with van der Waals surface area (Å²) >= 11 is 5.27. The number of nitriles is 1. The second-order valence-electron chi connectivity index (χ2n) is 5.06. The van der Waals surface area contributed by atoms with Crippen molar-refractivity contribution in [2.24, 2.45) is 0 Å². The van der Waals surface area contributed by atoms with Gasteiger partial charge in [-0.3, -0.25) is 0 Å². The lowest BCUT2D eigenvalue weighted by atomic mass is 10.2. The first-order valence-corrected chi connectivity index (χ1v) is 7.30. The summed E-state index contributed by atoms with van der Waals surface area (Å²) < 4.78 is 0. The fraction of sp³-hybridized carbons (Fsp3) is 0.176. The summed E-state index contributed by atoms with van der Waals surface area (Å²) in [6.07, 6.45) is 0. The predicted octanol–water partition coefficient (Wildman–Crippen LogP) is 3.11. The molecule has 0 saturated heterocycles. The molecule has 0 unspecified atom stereocenters. The summed E-state index contributed by atoms with van der Waals surface area (Å²) in [4.78, 5) is 2.06. The van der Waals surface area contributed by atoms with E-state index in [0.29, 0.717) is 17.2 Å². The highest BCUT2D eigenvalue weighted by molar-refractivity contribution is 7.80. The topological polar surface area (TPSA) is 51.1 Å². The van der Waals surface area contributed by atoms with Gasteiger partial charge in [0.15, 0.2) is 5.11 Å². The molecule has 0 radical (unpaired) electrons. The summed E-state index contributed by atoms with van der Waals surface area (Å²) in [5.74, 6) is 0. The van der Waals surface area contributed by atoms with Crippen LogP contribution in [0.15, 0.2) is 48.5 Å². The van der Waals surface area contributed by atoms with Gasteiger partial charge in [0.2, 0.25) is 0 Å². The number of anilines is 2. The highest BCUT2D eigenvalue weighted by atomic mass is 32.1. The first-order chi connectivity index (χ1) is 10.6. The molecule has 0 bridgehead atoms. The minimum atomic E-state index is 0.534. The Kier molecular flexibility index (Phi) is 5.34. The van der Waals surface area contributed by atoms with Crippen molar-refractivity contribution in [3.05, 3.63) is 59.7 Å². The molecule has 0 spiro atoms. The second kappa shape index (κ2) is 7.43. The van der Waals surface area contributed by atoms with Crippen molar-refractivity contribution in [1.29, 1.82) is 5.26 Å². The molecule has 0 amide bonds. The van der Waals surface area contributed by atoms with Gasteiger partial charge < -0.3 is 15.5 Å². The van der Waals surface area contributed by atoms with E-state index in [1.165, 1.54) is 0 Å². The van der Waals surface area contributed by atoms with E-state index >= 15 is 0 Å². The third-order valence-corrected chi connectivity index (χ3v) is 3.40. The predicted molar refractivity (Wildman–Crippen MR) is 95.0 cm³/mol. The molecule has 0 atom stereocenters. The lowest BCUT2D eigenvalue weighted by Gasteiger charge is -2.14. The van der Waals surface area contributed by atoms with Crippen LogP contribution in [0.1, 0.15) is 11.1 Å². The van der Waals surface area contributed by atoms with Crippen LogP contribution in [0.5, 0.6) is 0 Å². The lowest BCUT2D eigenvalue weighted by molar-refractivity contribution is 0.925. The number of benzene rings is 2. The third-order valence-electron chi connectivity index (χ3n) is 3.16. The van der Waals surface area contributed by atoms with Crippen molar-refractivity contribution in [2.45, 2.75) is 6.54 Å². The summed E-state index contributed by atoms with van der Waals surface area (Å²) in [6, 6.07) is 17.6. The molecule has 2 aromatic rings. The quantitative estimate of drug-likeness (QED) is 0.850. The molecule has 0 heterocycles. The van der Waals surface area contributed by atoms with Gasteiger partial charge in [0.25, 0.3) is 0 Å². The van der Waals surface area contributed by atoms with E-state index in [4.69, 9.17) is 17.5 Å². The minimum absolute atomic E-state index is 0.534. The lowest BCUT2D eigenvalue weighted by Crippen LogP contribution is -2.27. The molecule has 112 valence electrons. The maximum Gasteiger partial charge on any atom is 0.171 e. The van der Waals surface area contributed by atoms with Crippen LogP contribution >= 0.6 is 12.2 Å². The highest BCUT2D eigenvalue weighted by Gasteiger charge is 2.00. The van der Waals surface area contributed by atoms with Crippen molar-refractivity contribution in [2.75, 3.05) is 24.3 Å². The summed E-state index contributed by atoms with van der Waals surface area (Å²) in [5.41, 5.74) is 3.73. The molecule has 0 aromatic heterocycles. The Labute approximate surface area is 136 Å². The van der Waals surface area contributed by atoms with E-state index in [9.17, 15) is 0 Å². The first-order valence-electron chi connectivity index (χ1n) is 6.90. The Balaban J connectivity index is 1.88. The van der Waals surface area contributed by atoms with Crippen molar-refractivity contribution < 1.29 is 0 Å². The Morgan fingerprint density at radius 2 is 1.91 bits per heavy atom. The average molecular weight is 310 g/mol. The average Bonchev–Trinajstić information content (AvgIpc) is 2.53. The number of nitrogens with one attached hydrogen (secondary N) is 2. The van der Waals surface area contributed by atoms with Gasteiger partial charge in [0.05, 0.1) is 11.6 Å². The molecule has 5 heteroatoms.